The predicted molar refractivity (Wildman–Crippen MR) is 64.6 cm³/mol. The third-order valence-corrected chi connectivity index (χ3v) is 3.20. The predicted octanol–water partition coefficient (Wildman–Crippen LogP) is 1.68. The Bertz CT molecular complexity index is 418. The van der Waals surface area contributed by atoms with Gasteiger partial charge in [0.2, 0.25) is 0 Å². The van der Waals surface area contributed by atoms with Gasteiger partial charge in [0.15, 0.2) is 0 Å². The van der Waals surface area contributed by atoms with Gasteiger partial charge in [0, 0.05) is 11.6 Å². The minimum Gasteiger partial charge on any atom is -0.441 e. The van der Waals surface area contributed by atoms with Crippen LogP contribution in [-0.2, 0) is 4.74 Å². The Morgan fingerprint density at radius 1 is 1.71 bits per heavy atom. The van der Waals surface area contributed by atoms with Gasteiger partial charge < -0.3 is 15.8 Å². The number of carbonyl (C=O) groups is 1. The zero-order valence-corrected chi connectivity index (χ0v) is 10.1. The van der Waals surface area contributed by atoms with Crippen molar-refractivity contribution in [3.8, 4) is 0 Å². The number of anilines is 1. The molecule has 1 aliphatic rings. The largest absolute Gasteiger partial charge is 0.441 e. The summed E-state index contributed by atoms with van der Waals surface area (Å²) in [4.78, 5) is 15.0. The van der Waals surface area contributed by atoms with Gasteiger partial charge in [-0.3, -0.25) is 4.98 Å². The highest BCUT2D eigenvalue weighted by Gasteiger charge is 2.54. The number of primary amides is 1. The van der Waals surface area contributed by atoms with Crippen molar-refractivity contribution in [3.05, 3.63) is 24.0 Å². The quantitative estimate of drug-likeness (QED) is 0.832. The van der Waals surface area contributed by atoms with Crippen LogP contribution in [-0.4, -0.2) is 23.2 Å². The molecule has 0 saturated heterocycles. The van der Waals surface area contributed by atoms with Gasteiger partial charge in [-0.05, 0) is 25.5 Å². The van der Waals surface area contributed by atoms with Crippen molar-refractivity contribution in [2.75, 3.05) is 11.9 Å². The summed E-state index contributed by atoms with van der Waals surface area (Å²) in [5.74, 6) is 0.348. The summed E-state index contributed by atoms with van der Waals surface area (Å²) in [6, 6.07) is 3.88. The number of ether oxygens (including phenoxy) is 1. The first-order chi connectivity index (χ1) is 8.02. The van der Waals surface area contributed by atoms with Crippen LogP contribution in [0.4, 0.5) is 10.5 Å². The zero-order valence-electron chi connectivity index (χ0n) is 10.1. The molecule has 17 heavy (non-hydrogen) atoms. The Morgan fingerprint density at radius 3 is 2.88 bits per heavy atom. The van der Waals surface area contributed by atoms with Gasteiger partial charge >= 0.3 is 6.09 Å². The molecule has 2 unspecified atom stereocenters. The van der Waals surface area contributed by atoms with E-state index in [2.05, 4.69) is 10.3 Å². The van der Waals surface area contributed by atoms with Gasteiger partial charge in [0.05, 0.1) is 18.4 Å². The fraction of sp³-hybridized carbons (Fsp3) is 0.500. The van der Waals surface area contributed by atoms with Crippen molar-refractivity contribution in [3.63, 3.8) is 0 Å². The van der Waals surface area contributed by atoms with Gasteiger partial charge in [-0.25, -0.2) is 4.79 Å². The fourth-order valence-corrected chi connectivity index (χ4v) is 1.91. The van der Waals surface area contributed by atoms with Crippen LogP contribution in [0.2, 0.25) is 0 Å². The van der Waals surface area contributed by atoms with E-state index in [1.54, 1.807) is 6.20 Å². The van der Waals surface area contributed by atoms with Crippen molar-refractivity contribution in [1.29, 1.82) is 0 Å². The van der Waals surface area contributed by atoms with E-state index in [1.807, 2.05) is 26.0 Å². The Morgan fingerprint density at radius 2 is 2.41 bits per heavy atom. The van der Waals surface area contributed by atoms with Gasteiger partial charge in [0.1, 0.15) is 5.60 Å². The van der Waals surface area contributed by atoms with Crippen molar-refractivity contribution < 1.29 is 9.53 Å². The maximum Gasteiger partial charge on any atom is 0.405 e. The highest BCUT2D eigenvalue weighted by atomic mass is 16.6. The maximum atomic E-state index is 10.8. The SMILES string of the molecule is Cc1ccc(NCC2(OC(N)=O)CC2C)cn1. The number of hydrogen-bond acceptors (Lipinski definition) is 4. The third-order valence-electron chi connectivity index (χ3n) is 3.20. The molecule has 5 nitrogen and oxygen atoms in total. The summed E-state index contributed by atoms with van der Waals surface area (Å²) in [6.07, 6.45) is 1.90. The molecule has 5 heteroatoms. The minimum atomic E-state index is -0.710. The number of nitrogens with two attached hydrogens (primary N) is 1. The van der Waals surface area contributed by atoms with Crippen LogP contribution in [0.15, 0.2) is 18.3 Å². The number of rotatable bonds is 4. The van der Waals surface area contributed by atoms with Gasteiger partial charge in [-0.15, -0.1) is 0 Å². The molecule has 1 heterocycles. The number of nitrogens with zero attached hydrogens (tertiary/aromatic N) is 1. The van der Waals surface area contributed by atoms with E-state index in [-0.39, 0.29) is 0 Å². The summed E-state index contributed by atoms with van der Waals surface area (Å²) in [7, 11) is 0. The van der Waals surface area contributed by atoms with Crippen LogP contribution in [0, 0.1) is 12.8 Å². The molecule has 0 spiro atoms. The van der Waals surface area contributed by atoms with Crippen molar-refractivity contribution >= 4 is 11.8 Å². The molecule has 1 fully saturated rings. The number of nitrogens with one attached hydrogen (secondary N) is 1. The molecule has 1 aromatic rings. The molecule has 1 amide bonds. The van der Waals surface area contributed by atoms with Crippen LogP contribution in [0.3, 0.4) is 0 Å². The van der Waals surface area contributed by atoms with Crippen LogP contribution in [0.1, 0.15) is 19.0 Å². The average molecular weight is 235 g/mol. The van der Waals surface area contributed by atoms with Gasteiger partial charge in [0.25, 0.3) is 0 Å². The molecule has 1 aliphatic carbocycles. The second-order valence-corrected chi connectivity index (χ2v) is 4.63. The second-order valence-electron chi connectivity index (χ2n) is 4.63. The molecule has 0 bridgehead atoms. The number of pyridine rings is 1. The lowest BCUT2D eigenvalue weighted by atomic mass is 10.2. The summed E-state index contributed by atoms with van der Waals surface area (Å²) in [5, 5.41) is 3.22. The van der Waals surface area contributed by atoms with Gasteiger partial charge in [-0.1, -0.05) is 6.92 Å². The van der Waals surface area contributed by atoms with Gasteiger partial charge in [-0.2, -0.15) is 0 Å². The van der Waals surface area contributed by atoms with E-state index < -0.39 is 11.7 Å². The first-order valence-corrected chi connectivity index (χ1v) is 5.67. The van der Waals surface area contributed by atoms with Crippen LogP contribution < -0.4 is 11.1 Å². The van der Waals surface area contributed by atoms with E-state index >= 15 is 0 Å². The highest BCUT2D eigenvalue weighted by Crippen LogP contribution is 2.46. The lowest BCUT2D eigenvalue weighted by Gasteiger charge is -2.17. The molecular weight excluding hydrogens is 218 g/mol. The van der Waals surface area contributed by atoms with Crippen molar-refractivity contribution in [2.24, 2.45) is 11.7 Å². The topological polar surface area (TPSA) is 77.2 Å². The van der Waals surface area contributed by atoms with E-state index in [0.717, 1.165) is 17.8 Å². The smallest absolute Gasteiger partial charge is 0.405 e. The number of aromatic nitrogens is 1. The zero-order chi connectivity index (χ0) is 12.5. The first kappa shape index (κ1) is 11.7. The molecule has 0 radical (unpaired) electrons. The summed E-state index contributed by atoms with van der Waals surface area (Å²) < 4.78 is 5.16. The Labute approximate surface area is 100 Å². The molecule has 0 aliphatic heterocycles. The number of carbonyl (C=O) groups excluding carboxylic acids is 1. The first-order valence-electron chi connectivity index (χ1n) is 5.67. The fourth-order valence-electron chi connectivity index (χ4n) is 1.91. The minimum absolute atomic E-state index is 0.348. The van der Waals surface area contributed by atoms with E-state index in [9.17, 15) is 4.79 Å². The molecule has 3 N–H and O–H groups in total. The van der Waals surface area contributed by atoms with E-state index in [1.165, 1.54) is 0 Å². The molecule has 0 aromatic carbocycles. The average Bonchev–Trinajstić information content (AvgIpc) is 2.87. The number of hydrogen-bond donors (Lipinski definition) is 2. The Balaban J connectivity index is 1.93. The third kappa shape index (κ3) is 2.67. The van der Waals surface area contributed by atoms with Crippen molar-refractivity contribution in [2.45, 2.75) is 25.9 Å². The number of aryl methyl sites for hydroxylation is 1. The summed E-state index contributed by atoms with van der Waals surface area (Å²) in [6.45, 7) is 4.55. The lowest BCUT2D eigenvalue weighted by molar-refractivity contribution is 0.0896. The molecular formula is C12H17N3O2. The Hall–Kier alpha value is -1.78. The number of amides is 1. The van der Waals surface area contributed by atoms with Crippen LogP contribution in [0.5, 0.6) is 0 Å². The molecule has 2 atom stereocenters. The Kier molecular flexibility index (Phi) is 2.92. The van der Waals surface area contributed by atoms with Crippen LogP contribution in [0.25, 0.3) is 0 Å². The van der Waals surface area contributed by atoms with Crippen LogP contribution >= 0.6 is 0 Å². The summed E-state index contributed by atoms with van der Waals surface area (Å²) in [5.41, 5.74) is 6.52. The highest BCUT2D eigenvalue weighted by molar-refractivity contribution is 5.66. The van der Waals surface area contributed by atoms with Crippen molar-refractivity contribution in [1.82, 2.24) is 4.98 Å². The molecule has 2 rings (SSSR count). The molecule has 92 valence electrons. The maximum absolute atomic E-state index is 10.8. The monoisotopic (exact) mass is 235 g/mol. The standard InChI is InChI=1S/C12H17N3O2/c1-8-5-12(8,17-11(13)16)7-15-10-4-3-9(2)14-6-10/h3-4,6,8,15H,5,7H2,1-2H3,(H2,13,16). The van der Waals surface area contributed by atoms with E-state index in [4.69, 9.17) is 10.5 Å². The lowest BCUT2D eigenvalue weighted by Crippen LogP contribution is -2.32. The normalized spacial score (nSPS) is 26.4. The summed E-state index contributed by atoms with van der Waals surface area (Å²) >= 11 is 0. The molecule has 1 aromatic heterocycles. The second kappa shape index (κ2) is 4.24. The van der Waals surface area contributed by atoms with E-state index in [0.29, 0.717) is 12.5 Å². The molecule has 1 saturated carbocycles.